The molecule has 2 radical (unpaired) electrons. The average Bonchev–Trinajstić information content (AvgIpc) is 2.02. The van der Waals surface area contributed by atoms with E-state index in [9.17, 15) is 0 Å². The molecule has 0 bridgehead atoms. The molecule has 0 atom stereocenters. The quantitative estimate of drug-likeness (QED) is 0.420. The van der Waals surface area contributed by atoms with Gasteiger partial charge in [-0.05, 0) is 5.56 Å². The molecule has 15 heavy (non-hydrogen) atoms. The second-order valence-electron chi connectivity index (χ2n) is 2.66. The van der Waals surface area contributed by atoms with Crippen molar-refractivity contribution in [3.63, 3.8) is 0 Å². The molecule has 0 amide bonds. The first kappa shape index (κ1) is 16.9. The standard InChI is InChI=1S/C8H4Cl5.Al.W/c9-7(10,8(11,12)13)6-4-2-1-3-5-6;;/h1-4H;;. The Balaban J connectivity index is 0.00000196. The fraction of sp³-hybridized carbons (Fsp3) is 0.250. The summed E-state index contributed by atoms with van der Waals surface area (Å²) in [7, 11) is 0. The first-order chi connectivity index (χ1) is 6.27. The molecule has 0 saturated carbocycles. The Bertz CT molecular complexity index is 336. The van der Waals surface area contributed by atoms with Crippen LogP contribution in [0.4, 0.5) is 0 Å². The largest absolute Gasteiger partial charge is 0.227 e. The van der Waals surface area contributed by atoms with Gasteiger partial charge in [-0.1, -0.05) is 82.3 Å². The van der Waals surface area contributed by atoms with Gasteiger partial charge in [-0.3, -0.25) is 0 Å². The van der Waals surface area contributed by atoms with Crippen LogP contribution in [0.15, 0.2) is 24.3 Å². The third kappa shape index (κ3) is 3.94. The van der Waals surface area contributed by atoms with Crippen molar-refractivity contribution in [2.45, 2.75) is 8.13 Å². The van der Waals surface area contributed by atoms with E-state index >= 15 is 0 Å². The van der Waals surface area contributed by atoms with Crippen LogP contribution in [0.25, 0.3) is 0 Å². The maximum Gasteiger partial charge on any atom is 0.227 e. The Morgan fingerprint density at radius 3 is 1.80 bits per heavy atom. The SMILES string of the molecule is [Al][c]1ccccc1C(Cl)(Cl)C(Cl)(Cl)Cl.[W]. The summed E-state index contributed by atoms with van der Waals surface area (Å²) in [6, 6.07) is 7.15. The molecule has 0 unspecified atom stereocenters. The molecule has 0 nitrogen and oxygen atoms in total. The summed E-state index contributed by atoms with van der Waals surface area (Å²) in [5.41, 5.74) is 0.563. The van der Waals surface area contributed by atoms with E-state index in [0.717, 1.165) is 4.43 Å². The van der Waals surface area contributed by atoms with E-state index in [1.54, 1.807) is 12.1 Å². The molecular weight excluding hydrogens is 484 g/mol. The fourth-order valence-corrected chi connectivity index (χ4v) is 2.19. The molecule has 0 heterocycles. The van der Waals surface area contributed by atoms with E-state index in [1.165, 1.54) is 0 Å². The van der Waals surface area contributed by atoms with Crippen LogP contribution in [-0.2, 0) is 25.4 Å². The van der Waals surface area contributed by atoms with Gasteiger partial charge in [0.15, 0.2) is 20.6 Å². The van der Waals surface area contributed by atoms with Gasteiger partial charge < -0.3 is 0 Å². The predicted molar refractivity (Wildman–Crippen MR) is 65.5 cm³/mol. The van der Waals surface area contributed by atoms with Crippen LogP contribution in [0.2, 0.25) is 0 Å². The molecule has 7 heteroatoms. The molecule has 80 valence electrons. The van der Waals surface area contributed by atoms with Crippen LogP contribution in [0.1, 0.15) is 5.56 Å². The number of halogens is 5. The maximum absolute atomic E-state index is 6.00. The smallest absolute Gasteiger partial charge is 0.133 e. The number of hydrogen-bond donors (Lipinski definition) is 0. The second-order valence-corrected chi connectivity index (χ2v) is 6.89. The fourth-order valence-electron chi connectivity index (χ4n) is 0.936. The van der Waals surface area contributed by atoms with Crippen molar-refractivity contribution in [2.24, 2.45) is 0 Å². The number of rotatable bonds is 1. The van der Waals surface area contributed by atoms with Crippen LogP contribution in [0.5, 0.6) is 0 Å². The Kier molecular flexibility index (Phi) is 6.95. The summed E-state index contributed by atoms with van der Waals surface area (Å²) in [5.74, 6) is 0. The van der Waals surface area contributed by atoms with Gasteiger partial charge in [-0.25, -0.2) is 0 Å². The maximum atomic E-state index is 6.00. The summed E-state index contributed by atoms with van der Waals surface area (Å²) >= 11 is 31.6. The van der Waals surface area contributed by atoms with Crippen LogP contribution >= 0.6 is 58.0 Å². The van der Waals surface area contributed by atoms with Gasteiger partial charge in [0.1, 0.15) is 0 Å². The van der Waals surface area contributed by atoms with E-state index in [4.69, 9.17) is 58.0 Å². The molecule has 1 rings (SSSR count). The van der Waals surface area contributed by atoms with Crippen LogP contribution in [0, 0.1) is 0 Å². The molecular formula is C8H4AlCl5W. The van der Waals surface area contributed by atoms with Crippen molar-refractivity contribution < 1.29 is 21.1 Å². The van der Waals surface area contributed by atoms with E-state index < -0.39 is 8.13 Å². The first-order valence-electron chi connectivity index (χ1n) is 3.56. The van der Waals surface area contributed by atoms with E-state index in [-0.39, 0.29) is 21.1 Å². The average molecular weight is 488 g/mol. The molecule has 1 aromatic carbocycles. The first-order valence-corrected chi connectivity index (χ1v) is 6.03. The third-order valence-electron chi connectivity index (χ3n) is 1.66. The molecule has 0 spiro atoms. The number of benzene rings is 1. The molecule has 0 saturated heterocycles. The minimum absolute atomic E-state index is 0. The van der Waals surface area contributed by atoms with Gasteiger partial charge in [-0.15, -0.1) is 4.43 Å². The van der Waals surface area contributed by atoms with E-state index in [2.05, 4.69) is 16.3 Å². The van der Waals surface area contributed by atoms with Gasteiger partial charge in [0.25, 0.3) is 0 Å². The Morgan fingerprint density at radius 2 is 1.40 bits per heavy atom. The van der Waals surface area contributed by atoms with Crippen LogP contribution in [0.3, 0.4) is 0 Å². The van der Waals surface area contributed by atoms with E-state index in [0.29, 0.717) is 5.56 Å². The predicted octanol–water partition coefficient (Wildman–Crippen LogP) is 3.48. The van der Waals surface area contributed by atoms with Crippen LogP contribution in [-0.4, -0.2) is 20.1 Å². The Morgan fingerprint density at radius 1 is 0.933 bits per heavy atom. The van der Waals surface area contributed by atoms with Crippen molar-refractivity contribution in [3.05, 3.63) is 29.8 Å². The summed E-state index contributed by atoms with van der Waals surface area (Å²) in [6.45, 7) is 0. The molecule has 0 aliphatic carbocycles. The third-order valence-corrected chi connectivity index (χ3v) is 4.56. The van der Waals surface area contributed by atoms with Crippen molar-refractivity contribution in [3.8, 4) is 0 Å². The van der Waals surface area contributed by atoms with E-state index in [1.807, 2.05) is 12.1 Å². The molecule has 0 N–H and O–H groups in total. The Labute approximate surface area is 136 Å². The molecule has 0 aliphatic heterocycles. The van der Waals surface area contributed by atoms with Gasteiger partial charge in [0, 0.05) is 21.1 Å². The minimum Gasteiger partial charge on any atom is -0.133 e. The van der Waals surface area contributed by atoms with Crippen molar-refractivity contribution >= 4 is 78.7 Å². The van der Waals surface area contributed by atoms with Crippen molar-refractivity contribution in [1.82, 2.24) is 0 Å². The summed E-state index contributed by atoms with van der Waals surface area (Å²) < 4.78 is -2.54. The monoisotopic (exact) mass is 486 g/mol. The van der Waals surface area contributed by atoms with Crippen molar-refractivity contribution in [1.29, 1.82) is 0 Å². The summed E-state index contributed by atoms with van der Waals surface area (Å²) in [5, 5.41) is 0. The number of hydrogen-bond acceptors (Lipinski definition) is 0. The molecule has 1 aromatic rings. The zero-order valence-corrected chi connectivity index (χ0v) is 15.1. The topological polar surface area (TPSA) is 0 Å². The normalized spacial score (nSPS) is 12.1. The molecule has 0 aromatic heterocycles. The van der Waals surface area contributed by atoms with Crippen LogP contribution < -0.4 is 4.43 Å². The van der Waals surface area contributed by atoms with Gasteiger partial charge >= 0.3 is 0 Å². The molecule has 0 aliphatic rings. The zero-order valence-electron chi connectivity index (χ0n) is 7.18. The zero-order chi connectivity index (χ0) is 11.0. The summed E-state index contributed by atoms with van der Waals surface area (Å²) in [4.78, 5) is 0. The van der Waals surface area contributed by atoms with Gasteiger partial charge in [0.2, 0.25) is 3.79 Å². The van der Waals surface area contributed by atoms with Crippen molar-refractivity contribution in [2.75, 3.05) is 0 Å². The minimum atomic E-state index is -1.78. The van der Waals surface area contributed by atoms with Gasteiger partial charge in [0.05, 0.1) is 0 Å². The second kappa shape index (κ2) is 6.17. The number of alkyl halides is 5. The van der Waals surface area contributed by atoms with Gasteiger partial charge in [-0.2, -0.15) is 0 Å². The summed E-state index contributed by atoms with van der Waals surface area (Å²) in [6.07, 6.45) is 0. The molecule has 0 fully saturated rings. The Hall–Kier alpha value is 1.89.